The predicted octanol–water partition coefficient (Wildman–Crippen LogP) is 4.32. The summed E-state index contributed by atoms with van der Waals surface area (Å²) in [5.74, 6) is -0.182. The van der Waals surface area contributed by atoms with Gasteiger partial charge in [0.05, 0.1) is 0 Å². The number of carbonyl (C=O) groups excluding carboxylic acids is 2. The third-order valence-electron chi connectivity index (χ3n) is 3.23. The van der Waals surface area contributed by atoms with E-state index in [9.17, 15) is 9.59 Å². The minimum Gasteiger partial charge on any atom is -0.427 e. The van der Waals surface area contributed by atoms with E-state index in [1.807, 2.05) is 18.2 Å². The lowest BCUT2D eigenvalue weighted by atomic mass is 10.2. The van der Waals surface area contributed by atoms with Gasteiger partial charge < -0.3 is 9.47 Å². The van der Waals surface area contributed by atoms with E-state index in [0.717, 1.165) is 13.6 Å². The highest BCUT2D eigenvalue weighted by atomic mass is 127. The molecule has 0 bridgehead atoms. The summed E-state index contributed by atoms with van der Waals surface area (Å²) < 4.78 is 12.2. The molecule has 0 radical (unpaired) electrons. The highest BCUT2D eigenvalue weighted by Gasteiger charge is 2.24. The third-order valence-corrected chi connectivity index (χ3v) is 5.57. The highest BCUT2D eigenvalue weighted by Crippen LogP contribution is 2.24. The molecule has 25 heavy (non-hydrogen) atoms. The first-order chi connectivity index (χ1) is 11.9. The fourth-order valence-corrected chi connectivity index (χ4v) is 2.83. The second-order valence-electron chi connectivity index (χ2n) is 5.13. The van der Waals surface area contributed by atoms with E-state index in [2.05, 4.69) is 43.5 Å². The Morgan fingerprint density at radius 2 is 1.96 bits per heavy atom. The van der Waals surface area contributed by atoms with Crippen LogP contribution < -0.4 is 4.74 Å². The summed E-state index contributed by atoms with van der Waals surface area (Å²) in [5, 5.41) is 0. The maximum atomic E-state index is 12.0. The lowest BCUT2D eigenvalue weighted by molar-refractivity contribution is -0.132. The van der Waals surface area contributed by atoms with Gasteiger partial charge in [0.25, 0.3) is 0 Å². The van der Waals surface area contributed by atoms with Gasteiger partial charge in [-0.2, -0.15) is 0 Å². The molecule has 0 aromatic heterocycles. The summed E-state index contributed by atoms with van der Waals surface area (Å²) in [6.07, 6.45) is 1.62. The number of cyclic esters (lactones) is 1. The smallest absolute Gasteiger partial charge is 0.363 e. The molecule has 0 saturated carbocycles. The van der Waals surface area contributed by atoms with Crippen LogP contribution >= 0.6 is 38.5 Å². The van der Waals surface area contributed by atoms with E-state index < -0.39 is 5.97 Å². The van der Waals surface area contributed by atoms with Crippen molar-refractivity contribution in [2.24, 2.45) is 4.99 Å². The summed E-state index contributed by atoms with van der Waals surface area (Å²) in [5.41, 5.74) is 1.68. The highest BCUT2D eigenvalue weighted by molar-refractivity contribution is 14.1. The molecule has 1 heterocycles. The fraction of sp³-hybridized carbons (Fsp3) is 0.0556. The molecule has 0 aliphatic carbocycles. The molecule has 0 unspecified atom stereocenters. The van der Waals surface area contributed by atoms with Gasteiger partial charge in [0.2, 0.25) is 5.90 Å². The Kier molecular flexibility index (Phi) is 5.33. The molecule has 5 nitrogen and oxygen atoms in total. The SMILES string of the molecule is CC(=O)Oc1ccc(/C=C2\N=C(c3ccc(I)c(Br)c3)OC2=O)cc1. The summed E-state index contributed by atoms with van der Waals surface area (Å²) in [4.78, 5) is 27.2. The van der Waals surface area contributed by atoms with Gasteiger partial charge >= 0.3 is 11.9 Å². The van der Waals surface area contributed by atoms with Crippen LogP contribution in [0.1, 0.15) is 18.1 Å². The van der Waals surface area contributed by atoms with Crippen molar-refractivity contribution < 1.29 is 19.1 Å². The number of carbonyl (C=O) groups is 2. The lowest BCUT2D eigenvalue weighted by Crippen LogP contribution is -2.05. The molecule has 0 saturated heterocycles. The Bertz CT molecular complexity index is 919. The van der Waals surface area contributed by atoms with E-state index in [1.165, 1.54) is 6.92 Å². The Hall–Kier alpha value is -2.00. The zero-order valence-electron chi connectivity index (χ0n) is 13.0. The van der Waals surface area contributed by atoms with Crippen molar-refractivity contribution >= 4 is 62.4 Å². The van der Waals surface area contributed by atoms with Crippen LogP contribution in [0.15, 0.2) is 57.6 Å². The van der Waals surface area contributed by atoms with E-state index in [4.69, 9.17) is 9.47 Å². The summed E-state index contributed by atoms with van der Waals surface area (Å²) >= 11 is 5.65. The number of halogens is 2. The Morgan fingerprint density at radius 1 is 1.24 bits per heavy atom. The average Bonchev–Trinajstić information content (AvgIpc) is 2.92. The van der Waals surface area contributed by atoms with Crippen LogP contribution in [-0.2, 0) is 14.3 Å². The lowest BCUT2D eigenvalue weighted by Gasteiger charge is -2.01. The molecule has 1 aliphatic heterocycles. The van der Waals surface area contributed by atoms with Gasteiger partial charge in [0, 0.05) is 20.5 Å². The minimum atomic E-state index is -0.506. The standard InChI is InChI=1S/C18H11BrINO4/c1-10(22)24-13-5-2-11(3-6-13)8-16-18(23)25-17(21-16)12-4-7-15(20)14(19)9-12/h2-9H,1H3/b16-8-. The average molecular weight is 512 g/mol. The predicted molar refractivity (Wildman–Crippen MR) is 105 cm³/mol. The largest absolute Gasteiger partial charge is 0.427 e. The van der Waals surface area contributed by atoms with Gasteiger partial charge in [0.1, 0.15) is 5.75 Å². The minimum absolute atomic E-state index is 0.213. The molecule has 0 fully saturated rings. The summed E-state index contributed by atoms with van der Waals surface area (Å²) in [6.45, 7) is 1.34. The quantitative estimate of drug-likeness (QED) is 0.266. The molecule has 0 amide bonds. The van der Waals surface area contributed by atoms with E-state index in [0.29, 0.717) is 11.3 Å². The number of ether oxygens (including phenoxy) is 2. The molecular weight excluding hydrogens is 501 g/mol. The van der Waals surface area contributed by atoms with Gasteiger partial charge in [-0.1, -0.05) is 12.1 Å². The van der Waals surface area contributed by atoms with Crippen molar-refractivity contribution in [1.82, 2.24) is 0 Å². The molecular formula is C18H11BrINO4. The van der Waals surface area contributed by atoms with Crippen molar-refractivity contribution in [2.75, 3.05) is 0 Å². The van der Waals surface area contributed by atoms with Crippen LogP contribution in [0.3, 0.4) is 0 Å². The Balaban J connectivity index is 1.85. The van der Waals surface area contributed by atoms with E-state index >= 15 is 0 Å². The van der Waals surface area contributed by atoms with Crippen molar-refractivity contribution in [1.29, 1.82) is 0 Å². The number of esters is 2. The van der Waals surface area contributed by atoms with Crippen molar-refractivity contribution in [3.63, 3.8) is 0 Å². The third kappa shape index (κ3) is 4.35. The molecule has 0 atom stereocenters. The van der Waals surface area contributed by atoms with Crippen LogP contribution in [0, 0.1) is 3.57 Å². The zero-order chi connectivity index (χ0) is 18.0. The first-order valence-electron chi connectivity index (χ1n) is 7.19. The molecule has 2 aromatic carbocycles. The van der Waals surface area contributed by atoms with Gasteiger partial charge in [-0.05, 0) is 80.5 Å². The van der Waals surface area contributed by atoms with Crippen molar-refractivity contribution in [3.05, 3.63) is 67.3 Å². The molecule has 3 rings (SSSR count). The monoisotopic (exact) mass is 511 g/mol. The number of hydrogen-bond donors (Lipinski definition) is 0. The number of hydrogen-bond acceptors (Lipinski definition) is 5. The van der Waals surface area contributed by atoms with Crippen LogP contribution in [0.25, 0.3) is 6.08 Å². The normalized spacial score (nSPS) is 15.1. The van der Waals surface area contributed by atoms with Gasteiger partial charge in [0.15, 0.2) is 5.70 Å². The second kappa shape index (κ2) is 7.49. The topological polar surface area (TPSA) is 65.0 Å². The van der Waals surface area contributed by atoms with Crippen LogP contribution in [0.5, 0.6) is 5.75 Å². The fourth-order valence-electron chi connectivity index (χ4n) is 2.12. The molecule has 126 valence electrons. The van der Waals surface area contributed by atoms with Crippen molar-refractivity contribution in [2.45, 2.75) is 6.92 Å². The summed E-state index contributed by atoms with van der Waals surface area (Å²) in [6, 6.07) is 12.4. The summed E-state index contributed by atoms with van der Waals surface area (Å²) in [7, 11) is 0. The van der Waals surface area contributed by atoms with Gasteiger partial charge in [-0.15, -0.1) is 0 Å². The van der Waals surface area contributed by atoms with Gasteiger partial charge in [-0.25, -0.2) is 9.79 Å². The first-order valence-corrected chi connectivity index (χ1v) is 9.06. The van der Waals surface area contributed by atoms with E-state index in [1.54, 1.807) is 30.3 Å². The van der Waals surface area contributed by atoms with E-state index in [-0.39, 0.29) is 17.6 Å². The molecule has 7 heteroatoms. The number of benzene rings is 2. The zero-order valence-corrected chi connectivity index (χ0v) is 16.7. The maximum absolute atomic E-state index is 12.0. The second-order valence-corrected chi connectivity index (χ2v) is 7.14. The number of rotatable bonds is 3. The Morgan fingerprint density at radius 3 is 2.60 bits per heavy atom. The number of aliphatic imine (C=N–C) groups is 1. The molecule has 0 spiro atoms. The molecule has 1 aliphatic rings. The number of nitrogens with zero attached hydrogens (tertiary/aromatic N) is 1. The van der Waals surface area contributed by atoms with Crippen LogP contribution in [-0.4, -0.2) is 17.8 Å². The molecule has 2 aromatic rings. The van der Waals surface area contributed by atoms with Crippen molar-refractivity contribution in [3.8, 4) is 5.75 Å². The Labute approximate surface area is 166 Å². The van der Waals surface area contributed by atoms with Crippen LogP contribution in [0.2, 0.25) is 0 Å². The first kappa shape index (κ1) is 17.8. The maximum Gasteiger partial charge on any atom is 0.363 e. The van der Waals surface area contributed by atoms with Gasteiger partial charge in [-0.3, -0.25) is 4.79 Å². The van der Waals surface area contributed by atoms with Crippen LogP contribution in [0.4, 0.5) is 0 Å². The molecule has 0 N–H and O–H groups in total.